The number of carbonyl (C=O) groups is 1. The van der Waals surface area contributed by atoms with E-state index in [0.717, 1.165) is 50.8 Å². The molecule has 7 aliphatic rings. The fourth-order valence-corrected chi connectivity index (χ4v) is 7.01. The predicted octanol–water partition coefficient (Wildman–Crippen LogP) is 1.62. The van der Waals surface area contributed by atoms with E-state index >= 15 is 0 Å². The number of rotatable bonds is 4. The Morgan fingerprint density at radius 1 is 1.16 bits per heavy atom. The van der Waals surface area contributed by atoms with E-state index < -0.39 is 0 Å². The Kier molecular flexibility index (Phi) is 5.00. The zero-order valence-electron chi connectivity index (χ0n) is 18.7. The van der Waals surface area contributed by atoms with Gasteiger partial charge in [0.1, 0.15) is 12.5 Å². The third-order valence-corrected chi connectivity index (χ3v) is 9.24. The molecule has 0 aliphatic carbocycles. The number of hydrogen-bond acceptors (Lipinski definition) is 6. The number of urea groups is 1. The predicted molar refractivity (Wildman–Crippen MR) is 118 cm³/mol. The van der Waals surface area contributed by atoms with Gasteiger partial charge in [-0.3, -0.25) is 10.2 Å². The highest BCUT2D eigenvalue weighted by molar-refractivity contribution is 6.02. The molecule has 0 aromatic rings. The molecule has 5 fully saturated rings. The molecular formula is C23H36N6O2. The summed E-state index contributed by atoms with van der Waals surface area (Å²) in [5.41, 5.74) is 0.474. The Labute approximate surface area is 185 Å². The van der Waals surface area contributed by atoms with Crippen LogP contribution in [0.15, 0.2) is 17.0 Å². The van der Waals surface area contributed by atoms with Crippen LogP contribution >= 0.6 is 0 Å². The second-order valence-corrected chi connectivity index (χ2v) is 10.5. The van der Waals surface area contributed by atoms with Crippen LogP contribution in [0.2, 0.25) is 0 Å². The number of aliphatic imine (C=N–C) groups is 1. The number of ether oxygens (including phenoxy) is 1. The first-order valence-electron chi connectivity index (χ1n) is 12.3. The summed E-state index contributed by atoms with van der Waals surface area (Å²) in [4.78, 5) is 24.7. The van der Waals surface area contributed by atoms with E-state index in [1.165, 1.54) is 38.9 Å². The maximum absolute atomic E-state index is 13.0. The second-order valence-electron chi connectivity index (χ2n) is 10.5. The van der Waals surface area contributed by atoms with E-state index in [1.807, 2.05) is 0 Å². The lowest BCUT2D eigenvalue weighted by Gasteiger charge is -2.53. The molecule has 7 aliphatic heterocycles. The van der Waals surface area contributed by atoms with Crippen molar-refractivity contribution in [1.29, 1.82) is 0 Å². The van der Waals surface area contributed by atoms with Crippen LogP contribution in [-0.2, 0) is 4.74 Å². The van der Waals surface area contributed by atoms with Crippen molar-refractivity contribution in [2.45, 2.75) is 45.1 Å². The summed E-state index contributed by atoms with van der Waals surface area (Å²) in [6.07, 6.45) is 8.12. The van der Waals surface area contributed by atoms with Crippen molar-refractivity contribution in [2.24, 2.45) is 28.2 Å². The fourth-order valence-electron chi connectivity index (χ4n) is 7.01. The molecule has 31 heavy (non-hydrogen) atoms. The number of nitrogens with zero attached hydrogens (tertiary/aromatic N) is 4. The van der Waals surface area contributed by atoms with Crippen molar-refractivity contribution in [1.82, 2.24) is 25.3 Å². The van der Waals surface area contributed by atoms with E-state index in [-0.39, 0.29) is 11.9 Å². The highest BCUT2D eigenvalue weighted by atomic mass is 16.5. The Balaban J connectivity index is 1.22. The van der Waals surface area contributed by atoms with E-state index in [4.69, 9.17) is 9.73 Å². The van der Waals surface area contributed by atoms with Crippen molar-refractivity contribution in [2.75, 3.05) is 52.6 Å². The molecule has 2 amide bonds. The smallest absolute Gasteiger partial charge is 0.329 e. The summed E-state index contributed by atoms with van der Waals surface area (Å²) in [6.45, 7) is 10.4. The molecule has 0 saturated carbocycles. The molecule has 0 aromatic carbocycles. The molecule has 0 aromatic heterocycles. The minimum absolute atomic E-state index is 0.0201. The van der Waals surface area contributed by atoms with Gasteiger partial charge in [0, 0.05) is 37.9 Å². The molecule has 0 radical (unpaired) electrons. The molecule has 5 saturated heterocycles. The van der Waals surface area contributed by atoms with Gasteiger partial charge in [0.25, 0.3) is 0 Å². The lowest BCUT2D eigenvalue weighted by molar-refractivity contribution is -0.0335. The van der Waals surface area contributed by atoms with Crippen molar-refractivity contribution < 1.29 is 9.53 Å². The van der Waals surface area contributed by atoms with Crippen LogP contribution in [0.1, 0.15) is 39.0 Å². The van der Waals surface area contributed by atoms with Gasteiger partial charge in [-0.1, -0.05) is 6.92 Å². The Morgan fingerprint density at radius 3 is 2.65 bits per heavy atom. The van der Waals surface area contributed by atoms with Crippen molar-refractivity contribution in [3.8, 4) is 0 Å². The Bertz CT molecular complexity index is 769. The summed E-state index contributed by atoms with van der Waals surface area (Å²) < 4.78 is 5.51. The number of carbonyl (C=O) groups excluding carboxylic acids is 1. The standard InChI is InChI=1S/C23H36N6O2/c1-16(23-4-7-27(8-5-23)9-6-23)18-12-24-13-19(18)21-25-20-14-28(15-29(20)22(30)26-21)17-2-10-31-11-3-17/h14,16-19,24H,2-13,15H2,1H3,(H,25,26,30). The monoisotopic (exact) mass is 428 g/mol. The average molecular weight is 429 g/mol. The SMILES string of the molecule is CC(C1CNCC1C1=NC2=CN(C3CCOCC3)CN2C(=O)N1)C12CCN(CC1)CC2. The molecule has 8 nitrogen and oxygen atoms in total. The summed E-state index contributed by atoms with van der Waals surface area (Å²) in [5, 5.41) is 6.81. The molecule has 0 spiro atoms. The van der Waals surface area contributed by atoms with Crippen LogP contribution in [0.5, 0.6) is 0 Å². The van der Waals surface area contributed by atoms with Crippen molar-refractivity contribution in [3.63, 3.8) is 0 Å². The third kappa shape index (κ3) is 3.38. The second kappa shape index (κ2) is 7.74. The minimum Gasteiger partial charge on any atom is -0.381 e. The highest BCUT2D eigenvalue weighted by Gasteiger charge is 2.49. The molecule has 3 atom stereocenters. The molecule has 170 valence electrons. The van der Waals surface area contributed by atoms with Gasteiger partial charge in [-0.15, -0.1) is 0 Å². The van der Waals surface area contributed by atoms with Gasteiger partial charge in [-0.25, -0.2) is 9.79 Å². The number of fused-ring (bicyclic) bond motifs is 4. The maximum atomic E-state index is 13.0. The zero-order valence-corrected chi connectivity index (χ0v) is 18.7. The highest BCUT2D eigenvalue weighted by Crippen LogP contribution is 2.50. The molecule has 7 rings (SSSR count). The summed E-state index contributed by atoms with van der Waals surface area (Å²) >= 11 is 0. The minimum atomic E-state index is -0.0201. The van der Waals surface area contributed by atoms with Crippen LogP contribution in [0.25, 0.3) is 0 Å². The van der Waals surface area contributed by atoms with Gasteiger partial charge in [0.2, 0.25) is 0 Å². The van der Waals surface area contributed by atoms with Crippen LogP contribution in [0.3, 0.4) is 0 Å². The first-order valence-corrected chi connectivity index (χ1v) is 12.3. The van der Waals surface area contributed by atoms with Crippen LogP contribution < -0.4 is 10.6 Å². The molecule has 2 bridgehead atoms. The maximum Gasteiger partial charge on any atom is 0.329 e. The molecular weight excluding hydrogens is 392 g/mol. The van der Waals surface area contributed by atoms with Crippen LogP contribution in [0.4, 0.5) is 4.79 Å². The zero-order chi connectivity index (χ0) is 21.0. The third-order valence-electron chi connectivity index (χ3n) is 9.24. The lowest BCUT2D eigenvalue weighted by Crippen LogP contribution is -2.54. The number of hydrogen-bond donors (Lipinski definition) is 2. The summed E-state index contributed by atoms with van der Waals surface area (Å²) in [7, 11) is 0. The quantitative estimate of drug-likeness (QED) is 0.712. The van der Waals surface area contributed by atoms with Crippen molar-refractivity contribution in [3.05, 3.63) is 12.0 Å². The number of nitrogens with one attached hydrogen (secondary N) is 2. The van der Waals surface area contributed by atoms with E-state index in [9.17, 15) is 4.79 Å². The van der Waals surface area contributed by atoms with Gasteiger partial charge < -0.3 is 19.9 Å². The topological polar surface area (TPSA) is 72.4 Å². The largest absolute Gasteiger partial charge is 0.381 e. The van der Waals surface area contributed by atoms with E-state index in [1.54, 1.807) is 4.90 Å². The first kappa shape index (κ1) is 20.0. The van der Waals surface area contributed by atoms with Gasteiger partial charge in [-0.2, -0.15) is 0 Å². The van der Waals surface area contributed by atoms with Crippen LogP contribution in [0, 0.1) is 23.2 Å². The van der Waals surface area contributed by atoms with Crippen LogP contribution in [-0.4, -0.2) is 85.2 Å². The lowest BCUT2D eigenvalue weighted by atomic mass is 9.59. The molecule has 2 N–H and O–H groups in total. The van der Waals surface area contributed by atoms with Gasteiger partial charge in [-0.05, 0) is 75.5 Å². The average Bonchev–Trinajstić information content (AvgIpc) is 3.48. The Morgan fingerprint density at radius 2 is 1.90 bits per heavy atom. The first-order chi connectivity index (χ1) is 15.1. The normalized spacial score (nSPS) is 39.3. The molecule has 8 heteroatoms. The van der Waals surface area contributed by atoms with E-state index in [2.05, 4.69) is 33.6 Å². The fraction of sp³-hybridized carbons (Fsp3) is 0.826. The number of amidine groups is 1. The molecule has 3 unspecified atom stereocenters. The summed E-state index contributed by atoms with van der Waals surface area (Å²) in [5.74, 6) is 3.15. The summed E-state index contributed by atoms with van der Waals surface area (Å²) in [6, 6.07) is 0.420. The number of piperidine rings is 3. The number of amides is 2. The Hall–Kier alpha value is -1.64. The van der Waals surface area contributed by atoms with Gasteiger partial charge in [0.15, 0.2) is 5.82 Å². The van der Waals surface area contributed by atoms with Gasteiger partial charge in [0.05, 0.1) is 0 Å². The van der Waals surface area contributed by atoms with E-state index in [0.29, 0.717) is 30.0 Å². The van der Waals surface area contributed by atoms with Gasteiger partial charge >= 0.3 is 6.03 Å². The van der Waals surface area contributed by atoms with Crippen molar-refractivity contribution >= 4 is 11.9 Å². The molecule has 7 heterocycles.